The van der Waals surface area contributed by atoms with Gasteiger partial charge in [0, 0.05) is 30.1 Å². The van der Waals surface area contributed by atoms with Crippen LogP contribution in [-0.2, 0) is 24.4 Å². The lowest BCUT2D eigenvalue weighted by molar-refractivity contribution is -0.136. The number of carbonyl (C=O) groups is 1. The Balaban J connectivity index is 1.44. The lowest BCUT2D eigenvalue weighted by Gasteiger charge is -2.10. The van der Waals surface area contributed by atoms with E-state index in [4.69, 9.17) is 9.84 Å². The summed E-state index contributed by atoms with van der Waals surface area (Å²) < 4.78 is 8.25. The standard InChI is InChI=1S/C27H27NO3/c1-2-15-28-16-14-24-18-23(9-12-26(24)28)22-5-3-4-21(17-22)19-31-25-10-6-20(7-11-25)8-13-27(29)30/h3-7,9-12,14,16-18H,2,8,13,15,19H2,1H3,(H,29,30). The molecule has 158 valence electrons. The van der Waals surface area contributed by atoms with Crippen LogP contribution in [0.5, 0.6) is 5.75 Å². The second-order valence-corrected chi connectivity index (χ2v) is 7.81. The number of carboxylic acids is 1. The molecular weight excluding hydrogens is 386 g/mol. The summed E-state index contributed by atoms with van der Waals surface area (Å²) in [6.45, 7) is 3.72. The summed E-state index contributed by atoms with van der Waals surface area (Å²) in [7, 11) is 0. The maximum atomic E-state index is 10.7. The number of aromatic nitrogens is 1. The maximum Gasteiger partial charge on any atom is 0.303 e. The molecule has 0 bridgehead atoms. The van der Waals surface area contributed by atoms with Crippen molar-refractivity contribution >= 4 is 16.9 Å². The number of benzene rings is 3. The first kappa shape index (κ1) is 20.7. The highest BCUT2D eigenvalue weighted by molar-refractivity contribution is 5.85. The van der Waals surface area contributed by atoms with Crippen molar-refractivity contribution in [3.8, 4) is 16.9 Å². The summed E-state index contributed by atoms with van der Waals surface area (Å²) in [6.07, 6.45) is 3.96. The molecule has 0 aliphatic rings. The number of aryl methyl sites for hydroxylation is 2. The van der Waals surface area contributed by atoms with E-state index in [1.165, 1.54) is 22.0 Å². The van der Waals surface area contributed by atoms with Crippen molar-refractivity contribution in [2.45, 2.75) is 39.3 Å². The Morgan fingerprint density at radius 3 is 2.52 bits per heavy atom. The predicted molar refractivity (Wildman–Crippen MR) is 124 cm³/mol. The molecule has 31 heavy (non-hydrogen) atoms. The van der Waals surface area contributed by atoms with Crippen LogP contribution in [0.15, 0.2) is 79.0 Å². The van der Waals surface area contributed by atoms with Gasteiger partial charge in [0.1, 0.15) is 12.4 Å². The quantitative estimate of drug-likeness (QED) is 0.350. The zero-order valence-electron chi connectivity index (χ0n) is 17.8. The van der Waals surface area contributed by atoms with E-state index in [-0.39, 0.29) is 6.42 Å². The minimum atomic E-state index is -0.780. The molecule has 0 aliphatic carbocycles. The molecule has 0 amide bonds. The minimum Gasteiger partial charge on any atom is -0.489 e. The molecule has 1 N–H and O–H groups in total. The summed E-state index contributed by atoms with van der Waals surface area (Å²) in [6, 6.07) is 24.9. The first-order valence-electron chi connectivity index (χ1n) is 10.7. The lowest BCUT2D eigenvalue weighted by atomic mass is 10.0. The van der Waals surface area contributed by atoms with Gasteiger partial charge in [0.15, 0.2) is 0 Å². The van der Waals surface area contributed by atoms with Crippen LogP contribution in [0.1, 0.15) is 30.9 Å². The van der Waals surface area contributed by atoms with Crippen molar-refractivity contribution in [2.24, 2.45) is 0 Å². The molecule has 1 heterocycles. The Labute approximate surface area is 182 Å². The normalized spacial score (nSPS) is 11.0. The summed E-state index contributed by atoms with van der Waals surface area (Å²) in [5.74, 6) is 0.000971. The summed E-state index contributed by atoms with van der Waals surface area (Å²) in [4.78, 5) is 10.7. The van der Waals surface area contributed by atoms with Gasteiger partial charge in [0.05, 0.1) is 0 Å². The topological polar surface area (TPSA) is 51.5 Å². The van der Waals surface area contributed by atoms with Crippen LogP contribution >= 0.6 is 0 Å². The van der Waals surface area contributed by atoms with Gasteiger partial charge in [0.25, 0.3) is 0 Å². The van der Waals surface area contributed by atoms with Gasteiger partial charge in [-0.3, -0.25) is 4.79 Å². The number of nitrogens with zero attached hydrogens (tertiary/aromatic N) is 1. The maximum absolute atomic E-state index is 10.7. The van der Waals surface area contributed by atoms with Gasteiger partial charge in [0.2, 0.25) is 0 Å². The van der Waals surface area contributed by atoms with Gasteiger partial charge in [-0.25, -0.2) is 0 Å². The van der Waals surface area contributed by atoms with Gasteiger partial charge in [-0.1, -0.05) is 43.3 Å². The second kappa shape index (κ2) is 9.52. The Morgan fingerprint density at radius 2 is 1.74 bits per heavy atom. The van der Waals surface area contributed by atoms with Crippen molar-refractivity contribution in [2.75, 3.05) is 0 Å². The second-order valence-electron chi connectivity index (χ2n) is 7.81. The fourth-order valence-corrected chi connectivity index (χ4v) is 3.83. The zero-order valence-corrected chi connectivity index (χ0v) is 17.8. The average Bonchev–Trinajstić information content (AvgIpc) is 3.19. The van der Waals surface area contributed by atoms with E-state index in [0.717, 1.165) is 29.8 Å². The largest absolute Gasteiger partial charge is 0.489 e. The van der Waals surface area contributed by atoms with E-state index in [9.17, 15) is 4.79 Å². The van der Waals surface area contributed by atoms with E-state index < -0.39 is 5.97 Å². The number of rotatable bonds is 9. The third-order valence-corrected chi connectivity index (χ3v) is 5.45. The molecule has 4 aromatic rings. The molecule has 4 nitrogen and oxygen atoms in total. The summed E-state index contributed by atoms with van der Waals surface area (Å²) >= 11 is 0. The van der Waals surface area contributed by atoms with Crippen LogP contribution in [0.2, 0.25) is 0 Å². The lowest BCUT2D eigenvalue weighted by Crippen LogP contribution is -1.98. The number of fused-ring (bicyclic) bond motifs is 1. The van der Waals surface area contributed by atoms with Crippen LogP contribution in [0.3, 0.4) is 0 Å². The summed E-state index contributed by atoms with van der Waals surface area (Å²) in [5.41, 5.74) is 5.76. The molecule has 0 unspecified atom stereocenters. The van der Waals surface area contributed by atoms with Crippen LogP contribution < -0.4 is 4.74 Å². The Morgan fingerprint density at radius 1 is 0.935 bits per heavy atom. The molecule has 0 fully saturated rings. The van der Waals surface area contributed by atoms with E-state index in [0.29, 0.717) is 13.0 Å². The molecule has 4 heteroatoms. The Kier molecular flexibility index (Phi) is 6.37. The molecule has 0 saturated heterocycles. The number of carboxylic acid groups (broad SMARTS) is 1. The Bertz CT molecular complexity index is 1170. The molecule has 0 aliphatic heterocycles. The van der Waals surface area contributed by atoms with Crippen molar-refractivity contribution in [3.63, 3.8) is 0 Å². The molecule has 1 aromatic heterocycles. The molecule has 0 radical (unpaired) electrons. The molecule has 0 spiro atoms. The molecule has 0 atom stereocenters. The van der Waals surface area contributed by atoms with E-state index >= 15 is 0 Å². The fraction of sp³-hybridized carbons (Fsp3) is 0.222. The van der Waals surface area contributed by atoms with Crippen molar-refractivity contribution in [3.05, 3.63) is 90.1 Å². The first-order valence-corrected chi connectivity index (χ1v) is 10.7. The third-order valence-electron chi connectivity index (χ3n) is 5.45. The smallest absolute Gasteiger partial charge is 0.303 e. The minimum absolute atomic E-state index is 0.141. The number of ether oxygens (including phenoxy) is 1. The van der Waals surface area contributed by atoms with Crippen LogP contribution in [0.4, 0.5) is 0 Å². The van der Waals surface area contributed by atoms with Crippen molar-refractivity contribution in [1.82, 2.24) is 4.57 Å². The van der Waals surface area contributed by atoms with Crippen LogP contribution in [0, 0.1) is 0 Å². The predicted octanol–water partition coefficient (Wildman–Crippen LogP) is 6.31. The summed E-state index contributed by atoms with van der Waals surface area (Å²) in [5, 5.41) is 10.1. The number of hydrogen-bond acceptors (Lipinski definition) is 2. The Hall–Kier alpha value is -3.53. The van der Waals surface area contributed by atoms with Gasteiger partial charge in [-0.2, -0.15) is 0 Å². The van der Waals surface area contributed by atoms with Crippen molar-refractivity contribution in [1.29, 1.82) is 0 Å². The molecular formula is C27H27NO3. The highest BCUT2D eigenvalue weighted by atomic mass is 16.5. The van der Waals surface area contributed by atoms with Gasteiger partial charge >= 0.3 is 5.97 Å². The van der Waals surface area contributed by atoms with Gasteiger partial charge in [-0.15, -0.1) is 0 Å². The van der Waals surface area contributed by atoms with Crippen LogP contribution in [0.25, 0.3) is 22.0 Å². The van der Waals surface area contributed by atoms with Gasteiger partial charge in [-0.05, 0) is 71.5 Å². The number of aliphatic carboxylic acids is 1. The van der Waals surface area contributed by atoms with Gasteiger partial charge < -0.3 is 14.4 Å². The average molecular weight is 414 g/mol. The van der Waals surface area contributed by atoms with E-state index in [1.54, 1.807) is 0 Å². The highest BCUT2D eigenvalue weighted by Gasteiger charge is 2.05. The number of hydrogen-bond donors (Lipinski definition) is 1. The molecule has 4 rings (SSSR count). The van der Waals surface area contributed by atoms with Crippen molar-refractivity contribution < 1.29 is 14.6 Å². The molecule has 3 aromatic carbocycles. The molecule has 0 saturated carbocycles. The van der Waals surface area contributed by atoms with E-state index in [2.05, 4.69) is 66.2 Å². The first-order chi connectivity index (χ1) is 15.1. The van der Waals surface area contributed by atoms with Crippen LogP contribution in [-0.4, -0.2) is 15.6 Å². The fourth-order valence-electron chi connectivity index (χ4n) is 3.83. The highest BCUT2D eigenvalue weighted by Crippen LogP contribution is 2.26. The van der Waals surface area contributed by atoms with E-state index in [1.807, 2.05) is 24.3 Å². The monoisotopic (exact) mass is 413 g/mol. The zero-order chi connectivity index (χ0) is 21.6. The third kappa shape index (κ3) is 5.15. The SMILES string of the molecule is CCCn1ccc2cc(-c3cccc(COc4ccc(CCC(=O)O)cc4)c3)ccc21.